The SMILES string of the molecule is C[C@@H](NC(=O)c1ccc(C(F)(F)F)c2nn(-c3ccc(-c4ccn(-c5ccc(C(=O)N[C@H](C)C(=O)N6CCC7(CC6)CC7)c6[nH]ncc56)n4)cc3)cc12)C(=O)N1CCC2(CC1)CC2. The van der Waals surface area contributed by atoms with Gasteiger partial charge in [0.25, 0.3) is 11.8 Å². The molecule has 4 amide bonds. The van der Waals surface area contributed by atoms with Crippen LogP contribution in [0.25, 0.3) is 44.4 Å². The number of carbonyl (C=O) groups excluding carboxylic acids is 4. The van der Waals surface area contributed by atoms with Crippen LogP contribution in [0.2, 0.25) is 0 Å². The lowest BCUT2D eigenvalue weighted by atomic mass is 9.93. The number of hydrogen-bond donors (Lipinski definition) is 3. The summed E-state index contributed by atoms with van der Waals surface area (Å²) in [6.07, 6.45) is 8.83. The monoisotopic (exact) mass is 860 g/mol. The molecule has 14 nitrogen and oxygen atoms in total. The van der Waals surface area contributed by atoms with Gasteiger partial charge in [-0.05, 0) is 119 Å². The number of benzene rings is 3. The first-order valence-corrected chi connectivity index (χ1v) is 21.6. The van der Waals surface area contributed by atoms with Gasteiger partial charge < -0.3 is 20.4 Å². The van der Waals surface area contributed by atoms with E-state index in [1.54, 1.807) is 72.2 Å². The summed E-state index contributed by atoms with van der Waals surface area (Å²) in [4.78, 5) is 57.1. The number of aromatic amines is 1. The van der Waals surface area contributed by atoms with E-state index in [2.05, 4.69) is 25.9 Å². The smallest absolute Gasteiger partial charge is 0.341 e. The predicted octanol–water partition coefficient (Wildman–Crippen LogP) is 6.82. The van der Waals surface area contributed by atoms with Gasteiger partial charge in [-0.15, -0.1) is 0 Å². The summed E-state index contributed by atoms with van der Waals surface area (Å²) in [5, 5.41) is 22.4. The van der Waals surface area contributed by atoms with Crippen LogP contribution in [0.5, 0.6) is 0 Å². The summed E-state index contributed by atoms with van der Waals surface area (Å²) in [7, 11) is 0. The normalized spacial score (nSPS) is 18.7. The molecular weight excluding hydrogens is 814 g/mol. The van der Waals surface area contributed by atoms with E-state index in [0.717, 1.165) is 50.9 Å². The van der Waals surface area contributed by atoms with E-state index in [9.17, 15) is 32.3 Å². The zero-order valence-corrected chi connectivity index (χ0v) is 35.0. The van der Waals surface area contributed by atoms with E-state index in [4.69, 9.17) is 5.10 Å². The zero-order valence-electron chi connectivity index (χ0n) is 35.0. The summed E-state index contributed by atoms with van der Waals surface area (Å²) in [6.45, 7) is 6.00. The Morgan fingerprint density at radius 2 is 1.25 bits per heavy atom. The van der Waals surface area contributed by atoms with Crippen LogP contribution in [0.1, 0.15) is 91.5 Å². The van der Waals surface area contributed by atoms with Crippen LogP contribution in [-0.2, 0) is 15.8 Å². The molecule has 2 atom stereocenters. The third-order valence-corrected chi connectivity index (χ3v) is 13.9. The lowest BCUT2D eigenvalue weighted by Crippen LogP contribution is -2.49. The molecule has 2 saturated heterocycles. The fraction of sp³-hybridized carbons (Fsp3) is 0.413. The number of likely N-dealkylation sites (tertiary alicyclic amines) is 2. The number of nitrogens with zero attached hydrogens (tertiary/aromatic N) is 7. The Balaban J connectivity index is 0.844. The lowest BCUT2D eigenvalue weighted by Gasteiger charge is -2.33. The van der Waals surface area contributed by atoms with Crippen LogP contribution in [0, 0.1) is 10.8 Å². The number of halogens is 3. The number of fused-ring (bicyclic) bond motifs is 2. The number of H-pyrrole nitrogens is 1. The van der Waals surface area contributed by atoms with Gasteiger partial charge in [-0.1, -0.05) is 12.1 Å². The molecule has 3 aromatic carbocycles. The minimum atomic E-state index is -4.73. The van der Waals surface area contributed by atoms with Gasteiger partial charge in [-0.2, -0.15) is 28.5 Å². The second-order valence-electron chi connectivity index (χ2n) is 18.0. The average molecular weight is 861 g/mol. The first-order chi connectivity index (χ1) is 30.2. The highest BCUT2D eigenvalue weighted by Crippen LogP contribution is 2.54. The number of hydrogen-bond acceptors (Lipinski definition) is 7. The molecule has 2 aliphatic carbocycles. The largest absolute Gasteiger partial charge is 0.418 e. The molecule has 3 N–H and O–H groups in total. The fourth-order valence-electron chi connectivity index (χ4n) is 9.45. The summed E-state index contributed by atoms with van der Waals surface area (Å²) in [5.41, 5.74) is 2.68. The number of alkyl halides is 3. The van der Waals surface area contributed by atoms with Crippen LogP contribution in [0.3, 0.4) is 0 Å². The van der Waals surface area contributed by atoms with Gasteiger partial charge >= 0.3 is 6.18 Å². The highest BCUT2D eigenvalue weighted by molar-refractivity contribution is 6.09. The second-order valence-corrected chi connectivity index (χ2v) is 18.0. The van der Waals surface area contributed by atoms with Crippen molar-refractivity contribution >= 4 is 45.4 Å². The summed E-state index contributed by atoms with van der Waals surface area (Å²) in [6, 6.07) is 12.6. The van der Waals surface area contributed by atoms with E-state index in [1.807, 2.05) is 11.0 Å². The zero-order chi connectivity index (χ0) is 43.8. The van der Waals surface area contributed by atoms with Crippen molar-refractivity contribution in [3.63, 3.8) is 0 Å². The molecule has 4 aliphatic rings. The number of nitrogens with one attached hydrogen (secondary N) is 3. The maximum absolute atomic E-state index is 14.2. The van der Waals surface area contributed by atoms with Gasteiger partial charge in [0.2, 0.25) is 11.8 Å². The molecule has 63 heavy (non-hydrogen) atoms. The maximum Gasteiger partial charge on any atom is 0.418 e. The molecular formula is C46H47F3N10O4. The number of carbonyl (C=O) groups is 4. The Kier molecular flexibility index (Phi) is 9.71. The van der Waals surface area contributed by atoms with Crippen molar-refractivity contribution in [1.82, 2.24) is 50.2 Å². The molecule has 3 aromatic heterocycles. The van der Waals surface area contributed by atoms with E-state index >= 15 is 0 Å². The van der Waals surface area contributed by atoms with E-state index in [1.165, 1.54) is 36.6 Å². The van der Waals surface area contributed by atoms with Gasteiger partial charge in [0.1, 0.15) is 17.6 Å². The van der Waals surface area contributed by atoms with Crippen LogP contribution in [0.4, 0.5) is 13.2 Å². The van der Waals surface area contributed by atoms with Crippen LogP contribution in [0.15, 0.2) is 73.2 Å². The number of aromatic nitrogens is 6. The minimum Gasteiger partial charge on any atom is -0.341 e. The van der Waals surface area contributed by atoms with Gasteiger partial charge in [0.15, 0.2) is 0 Å². The molecule has 2 saturated carbocycles. The first-order valence-electron chi connectivity index (χ1n) is 21.6. The summed E-state index contributed by atoms with van der Waals surface area (Å²) >= 11 is 0. The van der Waals surface area contributed by atoms with Gasteiger partial charge in [-0.25, -0.2) is 9.36 Å². The maximum atomic E-state index is 14.2. The Bertz CT molecular complexity index is 2780. The predicted molar refractivity (Wildman–Crippen MR) is 227 cm³/mol. The molecule has 17 heteroatoms. The highest BCUT2D eigenvalue weighted by atomic mass is 19.4. The molecule has 6 aromatic rings. The van der Waals surface area contributed by atoms with Crippen LogP contribution in [-0.4, -0.2) is 101 Å². The van der Waals surface area contributed by atoms with E-state index < -0.39 is 35.6 Å². The third kappa shape index (κ3) is 7.60. The Morgan fingerprint density at radius 1 is 0.683 bits per heavy atom. The summed E-state index contributed by atoms with van der Waals surface area (Å²) in [5.74, 6) is -1.36. The van der Waals surface area contributed by atoms with Gasteiger partial charge in [0.05, 0.1) is 45.5 Å². The number of piperidine rings is 2. The van der Waals surface area contributed by atoms with Crippen molar-refractivity contribution in [2.24, 2.45) is 10.8 Å². The molecule has 5 heterocycles. The summed E-state index contributed by atoms with van der Waals surface area (Å²) < 4.78 is 45.7. The van der Waals surface area contributed by atoms with Gasteiger partial charge in [0, 0.05) is 54.9 Å². The lowest BCUT2D eigenvalue weighted by molar-refractivity contribution is -0.136. The van der Waals surface area contributed by atoms with Crippen molar-refractivity contribution in [2.75, 3.05) is 26.2 Å². The molecule has 0 bridgehead atoms. The Morgan fingerprint density at radius 3 is 1.83 bits per heavy atom. The third-order valence-electron chi connectivity index (χ3n) is 13.9. The van der Waals surface area contributed by atoms with Crippen molar-refractivity contribution < 1.29 is 32.3 Å². The average Bonchev–Trinajstić information content (AvgIpc) is 3.92. The van der Waals surface area contributed by atoms with E-state index in [0.29, 0.717) is 63.0 Å². The molecule has 2 spiro atoms. The second kappa shape index (κ2) is 15.1. The van der Waals surface area contributed by atoms with Crippen molar-refractivity contribution in [3.05, 3.63) is 89.9 Å². The number of rotatable bonds is 9. The topological polar surface area (TPSA) is 163 Å². The minimum absolute atomic E-state index is 0.000747. The first kappa shape index (κ1) is 40.5. The molecule has 10 rings (SSSR count). The molecule has 2 aliphatic heterocycles. The molecule has 0 unspecified atom stereocenters. The molecule has 326 valence electrons. The molecule has 0 radical (unpaired) electrons. The van der Waals surface area contributed by atoms with Crippen molar-refractivity contribution in [1.29, 1.82) is 0 Å². The quantitative estimate of drug-likeness (QED) is 0.144. The standard InChI is InChI=1S/C46H47F3N10O4/c1-27(42(62)56-21-16-44(12-13-44)17-22-56)51-40(60)31-7-9-35(46(47,48)49)39-34(31)26-59(55-39)30-5-3-29(4-6-30)36-11-20-58(54-36)37-10-8-32(38-33(37)25-50-53-38)41(61)52-28(2)43(63)57-23-18-45(14-15-45)19-24-57/h3-11,20,25-28H,12-19,21-24H2,1-2H3,(H,50,53)(H,51,60)(H,52,61)/t27-,28-/m1/s1. The van der Waals surface area contributed by atoms with Crippen molar-refractivity contribution in [3.8, 4) is 22.6 Å². The number of amides is 4. The Hall–Kier alpha value is -6.52. The highest BCUT2D eigenvalue weighted by Gasteiger charge is 2.46. The van der Waals surface area contributed by atoms with Crippen LogP contribution < -0.4 is 10.6 Å². The Labute approximate surface area is 360 Å². The molecule has 4 fully saturated rings. The fourth-order valence-corrected chi connectivity index (χ4v) is 9.45. The van der Waals surface area contributed by atoms with Gasteiger partial charge in [-0.3, -0.25) is 24.3 Å². The van der Waals surface area contributed by atoms with E-state index in [-0.39, 0.29) is 28.3 Å². The van der Waals surface area contributed by atoms with Crippen LogP contribution >= 0.6 is 0 Å². The van der Waals surface area contributed by atoms with Crippen molar-refractivity contribution in [2.45, 2.75) is 83.5 Å².